The Bertz CT molecular complexity index is 211. The molecule has 0 aliphatic carbocycles. The van der Waals surface area contributed by atoms with Crippen molar-refractivity contribution < 1.29 is 0 Å². The molecule has 1 heterocycles. The van der Waals surface area contributed by atoms with Gasteiger partial charge < -0.3 is 5.32 Å². The van der Waals surface area contributed by atoms with Crippen molar-refractivity contribution in [2.45, 2.75) is 27.7 Å². The van der Waals surface area contributed by atoms with Crippen LogP contribution in [-0.2, 0) is 0 Å². The third-order valence-electron chi connectivity index (χ3n) is 1.99. The summed E-state index contributed by atoms with van der Waals surface area (Å²) in [7, 11) is 0. The number of hydrogen-bond acceptors (Lipinski definition) is 1. The van der Waals surface area contributed by atoms with Crippen LogP contribution in [0.25, 0.3) is 0 Å². The van der Waals surface area contributed by atoms with Crippen molar-refractivity contribution in [3.05, 3.63) is 36.1 Å². The Balaban J connectivity index is 0.000000671. The third kappa shape index (κ3) is 3.10. The first-order valence-electron chi connectivity index (χ1n) is 5.02. The number of rotatable bonds is 2. The maximum Gasteiger partial charge on any atom is 0.0370 e. The van der Waals surface area contributed by atoms with E-state index in [1.165, 1.54) is 11.3 Å². The molecule has 0 aromatic carbocycles. The molecule has 1 nitrogen and oxygen atoms in total. The van der Waals surface area contributed by atoms with Crippen molar-refractivity contribution in [3.63, 3.8) is 0 Å². The van der Waals surface area contributed by atoms with Gasteiger partial charge in [-0.3, -0.25) is 0 Å². The summed E-state index contributed by atoms with van der Waals surface area (Å²) in [6.07, 6.45) is 6.11. The predicted octanol–water partition coefficient (Wildman–Crippen LogP) is 3.27. The second kappa shape index (κ2) is 6.53. The molecule has 0 aromatic heterocycles. The zero-order chi connectivity index (χ0) is 10.3. The van der Waals surface area contributed by atoms with Crippen LogP contribution in [0.2, 0.25) is 0 Å². The number of allylic oxidation sites excluding steroid dienone is 3. The highest BCUT2D eigenvalue weighted by Gasteiger charge is 2.16. The fourth-order valence-electron chi connectivity index (χ4n) is 1.36. The molecule has 0 bridgehead atoms. The van der Waals surface area contributed by atoms with Crippen LogP contribution < -0.4 is 5.32 Å². The molecule has 0 saturated heterocycles. The summed E-state index contributed by atoms with van der Waals surface area (Å²) < 4.78 is 0. The lowest BCUT2D eigenvalue weighted by Gasteiger charge is -2.00. The van der Waals surface area contributed by atoms with E-state index >= 15 is 0 Å². The SMILES string of the molecule is C=CC1=C(/C=C\C)C(C)CN1.CC. The van der Waals surface area contributed by atoms with E-state index in [1.54, 1.807) is 0 Å². The topological polar surface area (TPSA) is 12.0 Å². The van der Waals surface area contributed by atoms with Gasteiger partial charge in [-0.2, -0.15) is 0 Å². The van der Waals surface area contributed by atoms with Crippen LogP contribution in [0, 0.1) is 5.92 Å². The molecule has 0 fully saturated rings. The summed E-state index contributed by atoms with van der Waals surface area (Å²) in [4.78, 5) is 0. The molecule has 1 unspecified atom stereocenters. The number of nitrogens with one attached hydrogen (secondary N) is 1. The van der Waals surface area contributed by atoms with Gasteiger partial charge in [-0.05, 0) is 18.6 Å². The highest BCUT2D eigenvalue weighted by molar-refractivity contribution is 5.36. The molecule has 1 heteroatoms. The minimum absolute atomic E-state index is 0.624. The Morgan fingerprint density at radius 2 is 2.08 bits per heavy atom. The van der Waals surface area contributed by atoms with Gasteiger partial charge in [0.05, 0.1) is 0 Å². The quantitative estimate of drug-likeness (QED) is 0.686. The van der Waals surface area contributed by atoms with Gasteiger partial charge in [0, 0.05) is 18.2 Å². The maximum absolute atomic E-state index is 3.76. The van der Waals surface area contributed by atoms with Crippen molar-refractivity contribution >= 4 is 0 Å². The molecule has 0 amide bonds. The monoisotopic (exact) mass is 179 g/mol. The van der Waals surface area contributed by atoms with Gasteiger partial charge in [-0.15, -0.1) is 0 Å². The van der Waals surface area contributed by atoms with Crippen LogP contribution in [0.5, 0.6) is 0 Å². The van der Waals surface area contributed by atoms with Crippen molar-refractivity contribution in [1.29, 1.82) is 0 Å². The number of hydrogen-bond donors (Lipinski definition) is 1. The Morgan fingerprint density at radius 3 is 2.54 bits per heavy atom. The summed E-state index contributed by atoms with van der Waals surface area (Å²) in [5, 5.41) is 3.30. The molecule has 1 aliphatic heterocycles. The molecule has 1 N–H and O–H groups in total. The zero-order valence-electron chi connectivity index (χ0n) is 9.22. The van der Waals surface area contributed by atoms with Gasteiger partial charge >= 0.3 is 0 Å². The lowest BCUT2D eigenvalue weighted by Crippen LogP contribution is -2.08. The summed E-state index contributed by atoms with van der Waals surface area (Å²) in [6, 6.07) is 0. The Labute approximate surface area is 82.2 Å². The van der Waals surface area contributed by atoms with Crippen molar-refractivity contribution in [1.82, 2.24) is 5.32 Å². The summed E-state index contributed by atoms with van der Waals surface area (Å²) >= 11 is 0. The van der Waals surface area contributed by atoms with E-state index in [-0.39, 0.29) is 0 Å². The standard InChI is InChI=1S/C10H15N.C2H6/c1-4-6-9-8(3)7-11-10(9)5-2;1-2/h4-6,8,11H,2,7H2,1,3H3;1-2H3/b6-4-;. The van der Waals surface area contributed by atoms with Gasteiger partial charge in [0.15, 0.2) is 0 Å². The Kier molecular flexibility index (Phi) is 6.03. The van der Waals surface area contributed by atoms with E-state index in [4.69, 9.17) is 0 Å². The van der Waals surface area contributed by atoms with E-state index < -0.39 is 0 Å². The molecule has 0 aromatic rings. The van der Waals surface area contributed by atoms with Crippen molar-refractivity contribution in [2.75, 3.05) is 6.54 Å². The highest BCUT2D eigenvalue weighted by Crippen LogP contribution is 2.21. The van der Waals surface area contributed by atoms with Crippen LogP contribution in [0.1, 0.15) is 27.7 Å². The van der Waals surface area contributed by atoms with Gasteiger partial charge in [0.1, 0.15) is 0 Å². The maximum atomic E-state index is 3.76. The van der Waals surface area contributed by atoms with Crippen LogP contribution in [0.15, 0.2) is 36.1 Å². The van der Waals surface area contributed by atoms with Crippen molar-refractivity contribution in [3.8, 4) is 0 Å². The predicted molar refractivity (Wildman–Crippen MR) is 60.6 cm³/mol. The van der Waals surface area contributed by atoms with Gasteiger partial charge in [0.25, 0.3) is 0 Å². The van der Waals surface area contributed by atoms with Gasteiger partial charge in [-0.25, -0.2) is 0 Å². The molecule has 1 atom stereocenters. The van der Waals surface area contributed by atoms with E-state index in [1.807, 2.05) is 26.8 Å². The summed E-state index contributed by atoms with van der Waals surface area (Å²) in [6.45, 7) is 13.1. The zero-order valence-corrected chi connectivity index (χ0v) is 9.22. The van der Waals surface area contributed by atoms with Crippen LogP contribution in [0.3, 0.4) is 0 Å². The van der Waals surface area contributed by atoms with Crippen LogP contribution in [0.4, 0.5) is 0 Å². The first kappa shape index (κ1) is 12.0. The fourth-order valence-corrected chi connectivity index (χ4v) is 1.36. The minimum Gasteiger partial charge on any atom is -0.384 e. The Hall–Kier alpha value is -0.980. The molecular formula is C12H21N. The van der Waals surface area contributed by atoms with E-state index in [0.717, 1.165) is 6.54 Å². The second-order valence-electron chi connectivity index (χ2n) is 2.86. The molecule has 0 saturated carbocycles. The minimum atomic E-state index is 0.624. The lowest BCUT2D eigenvalue weighted by atomic mass is 10.0. The molecule has 1 rings (SSSR count). The van der Waals surface area contributed by atoms with E-state index in [9.17, 15) is 0 Å². The molecule has 0 radical (unpaired) electrons. The first-order valence-corrected chi connectivity index (χ1v) is 5.02. The fraction of sp³-hybridized carbons (Fsp3) is 0.500. The average molecular weight is 179 g/mol. The first-order chi connectivity index (χ1) is 6.29. The third-order valence-corrected chi connectivity index (χ3v) is 1.99. The second-order valence-corrected chi connectivity index (χ2v) is 2.86. The molecular weight excluding hydrogens is 158 g/mol. The summed E-state index contributed by atoms with van der Waals surface area (Å²) in [5.74, 6) is 0.624. The van der Waals surface area contributed by atoms with Crippen LogP contribution >= 0.6 is 0 Å². The van der Waals surface area contributed by atoms with E-state index in [0.29, 0.717) is 5.92 Å². The molecule has 74 valence electrons. The summed E-state index contributed by atoms with van der Waals surface area (Å²) in [5.41, 5.74) is 2.57. The smallest absolute Gasteiger partial charge is 0.0370 e. The Morgan fingerprint density at radius 1 is 1.46 bits per heavy atom. The molecule has 1 aliphatic rings. The largest absolute Gasteiger partial charge is 0.384 e. The lowest BCUT2D eigenvalue weighted by molar-refractivity contribution is 0.703. The average Bonchev–Trinajstić information content (AvgIpc) is 2.52. The van der Waals surface area contributed by atoms with Crippen molar-refractivity contribution in [2.24, 2.45) is 5.92 Å². The molecule has 0 spiro atoms. The highest BCUT2D eigenvalue weighted by atomic mass is 14.9. The molecule has 13 heavy (non-hydrogen) atoms. The van der Waals surface area contributed by atoms with Crippen LogP contribution in [-0.4, -0.2) is 6.54 Å². The normalized spacial score (nSPS) is 21.1. The van der Waals surface area contributed by atoms with Gasteiger partial charge in [-0.1, -0.05) is 39.5 Å². The van der Waals surface area contributed by atoms with E-state index in [2.05, 4.69) is 31.0 Å². The van der Waals surface area contributed by atoms with Gasteiger partial charge in [0.2, 0.25) is 0 Å².